The Hall–Kier alpha value is -1.14. The molecule has 0 aromatic heterocycles. The van der Waals surface area contributed by atoms with Gasteiger partial charge in [0.05, 0.1) is 4.90 Å². The van der Waals surface area contributed by atoms with Crippen molar-refractivity contribution in [2.45, 2.75) is 38.0 Å². The Morgan fingerprint density at radius 2 is 2.00 bits per heavy atom. The molecule has 112 valence electrons. The zero-order valence-electron chi connectivity index (χ0n) is 11.9. The summed E-state index contributed by atoms with van der Waals surface area (Å²) in [5.41, 5.74) is 6.14. The molecule has 1 aromatic rings. The van der Waals surface area contributed by atoms with Crippen LogP contribution in [0.5, 0.6) is 0 Å². The molecule has 0 aliphatic carbocycles. The van der Waals surface area contributed by atoms with Gasteiger partial charge in [-0.1, -0.05) is 6.92 Å². The molecule has 1 atom stereocenters. The highest BCUT2D eigenvalue weighted by Crippen LogP contribution is 2.26. The highest BCUT2D eigenvalue weighted by atomic mass is 32.2. The van der Waals surface area contributed by atoms with E-state index in [2.05, 4.69) is 6.92 Å². The van der Waals surface area contributed by atoms with Crippen molar-refractivity contribution in [3.8, 4) is 0 Å². The zero-order valence-corrected chi connectivity index (χ0v) is 12.7. The summed E-state index contributed by atoms with van der Waals surface area (Å²) < 4.78 is 40.3. The monoisotopic (exact) mass is 300 g/mol. The summed E-state index contributed by atoms with van der Waals surface area (Å²) in [5, 5.41) is 0. The van der Waals surface area contributed by atoms with Gasteiger partial charge >= 0.3 is 0 Å². The van der Waals surface area contributed by atoms with Gasteiger partial charge in [0.25, 0.3) is 0 Å². The molecule has 1 unspecified atom stereocenters. The molecule has 0 amide bonds. The normalized spacial score (nSPS) is 21.6. The van der Waals surface area contributed by atoms with Gasteiger partial charge in [-0.3, -0.25) is 0 Å². The minimum Gasteiger partial charge on any atom is -0.398 e. The SMILES string of the molecule is Cc1c(N)cc(S(=O)(=O)N2CCCC(C)CC2)cc1F. The second kappa shape index (κ2) is 5.69. The van der Waals surface area contributed by atoms with Gasteiger partial charge in [0.1, 0.15) is 5.82 Å². The first-order chi connectivity index (χ1) is 9.32. The van der Waals surface area contributed by atoms with Gasteiger partial charge in [-0.15, -0.1) is 0 Å². The maximum atomic E-state index is 13.7. The van der Waals surface area contributed by atoms with Crippen LogP contribution in [-0.4, -0.2) is 25.8 Å². The molecule has 2 rings (SSSR count). The van der Waals surface area contributed by atoms with E-state index >= 15 is 0 Å². The molecule has 6 heteroatoms. The molecule has 0 radical (unpaired) electrons. The maximum absolute atomic E-state index is 13.7. The molecule has 0 spiro atoms. The molecule has 1 aromatic carbocycles. The van der Waals surface area contributed by atoms with Crippen LogP contribution in [0.3, 0.4) is 0 Å². The van der Waals surface area contributed by atoms with Gasteiger partial charge < -0.3 is 5.73 Å². The van der Waals surface area contributed by atoms with Gasteiger partial charge in [0.15, 0.2) is 0 Å². The Balaban J connectivity index is 2.35. The predicted octanol–water partition coefficient (Wildman–Crippen LogP) is 2.53. The van der Waals surface area contributed by atoms with Crippen molar-refractivity contribution in [3.05, 3.63) is 23.5 Å². The highest BCUT2D eigenvalue weighted by Gasteiger charge is 2.27. The van der Waals surface area contributed by atoms with Crippen LogP contribution in [-0.2, 0) is 10.0 Å². The first kappa shape index (κ1) is 15.3. The highest BCUT2D eigenvalue weighted by molar-refractivity contribution is 7.89. The van der Waals surface area contributed by atoms with Crippen molar-refractivity contribution in [1.29, 1.82) is 0 Å². The minimum atomic E-state index is -3.66. The number of sulfonamides is 1. The number of anilines is 1. The van der Waals surface area contributed by atoms with E-state index in [9.17, 15) is 12.8 Å². The lowest BCUT2D eigenvalue weighted by Crippen LogP contribution is -2.32. The van der Waals surface area contributed by atoms with Gasteiger partial charge in [-0.05, 0) is 44.2 Å². The van der Waals surface area contributed by atoms with Gasteiger partial charge in [0, 0.05) is 24.3 Å². The summed E-state index contributed by atoms with van der Waals surface area (Å²) in [6, 6.07) is 2.41. The predicted molar refractivity (Wildman–Crippen MR) is 77.3 cm³/mol. The van der Waals surface area contributed by atoms with Gasteiger partial charge in [-0.25, -0.2) is 12.8 Å². The Morgan fingerprint density at radius 1 is 1.30 bits per heavy atom. The molecule has 1 heterocycles. The Labute approximate surface area is 119 Å². The van der Waals surface area contributed by atoms with E-state index in [-0.39, 0.29) is 16.1 Å². The van der Waals surface area contributed by atoms with Crippen molar-refractivity contribution < 1.29 is 12.8 Å². The lowest BCUT2D eigenvalue weighted by Gasteiger charge is -2.20. The van der Waals surface area contributed by atoms with Crippen LogP contribution in [0.25, 0.3) is 0 Å². The molecule has 4 nitrogen and oxygen atoms in total. The third kappa shape index (κ3) is 2.96. The fraction of sp³-hybridized carbons (Fsp3) is 0.571. The van der Waals surface area contributed by atoms with E-state index in [1.165, 1.54) is 17.3 Å². The van der Waals surface area contributed by atoms with Gasteiger partial charge in [-0.2, -0.15) is 4.31 Å². The number of rotatable bonds is 2. The van der Waals surface area contributed by atoms with Crippen molar-refractivity contribution in [1.82, 2.24) is 4.31 Å². The fourth-order valence-corrected chi connectivity index (χ4v) is 3.99. The van der Waals surface area contributed by atoms with Crippen LogP contribution in [0.1, 0.15) is 31.7 Å². The first-order valence-corrected chi connectivity index (χ1v) is 8.32. The molecule has 20 heavy (non-hydrogen) atoms. The second-order valence-corrected chi connectivity index (χ2v) is 7.50. The number of nitrogens with two attached hydrogens (primary N) is 1. The van der Waals surface area contributed by atoms with Gasteiger partial charge in [0.2, 0.25) is 10.0 Å². The molecule has 0 saturated carbocycles. The van der Waals surface area contributed by atoms with Crippen LogP contribution < -0.4 is 5.73 Å². The molecular weight excluding hydrogens is 279 g/mol. The number of halogens is 1. The molecule has 1 aliphatic heterocycles. The van der Waals surface area contributed by atoms with E-state index in [0.717, 1.165) is 25.3 Å². The third-order valence-electron chi connectivity index (χ3n) is 3.97. The van der Waals surface area contributed by atoms with Crippen LogP contribution in [0.15, 0.2) is 17.0 Å². The van der Waals surface area contributed by atoms with E-state index in [1.54, 1.807) is 0 Å². The quantitative estimate of drug-likeness (QED) is 0.854. The Morgan fingerprint density at radius 3 is 2.65 bits per heavy atom. The van der Waals surface area contributed by atoms with Crippen LogP contribution in [0.4, 0.5) is 10.1 Å². The van der Waals surface area contributed by atoms with Crippen LogP contribution >= 0.6 is 0 Å². The van der Waals surface area contributed by atoms with Crippen molar-refractivity contribution in [2.24, 2.45) is 5.92 Å². The fourth-order valence-electron chi connectivity index (χ4n) is 2.45. The minimum absolute atomic E-state index is 0.0485. The zero-order chi connectivity index (χ0) is 14.9. The molecular formula is C14H21FN2O2S. The van der Waals surface area contributed by atoms with Crippen LogP contribution in [0.2, 0.25) is 0 Å². The number of hydrogen-bond donors (Lipinski definition) is 1. The Kier molecular flexibility index (Phi) is 4.34. The summed E-state index contributed by atoms with van der Waals surface area (Å²) in [6.45, 7) is 4.63. The number of hydrogen-bond acceptors (Lipinski definition) is 3. The van der Waals surface area contributed by atoms with Crippen molar-refractivity contribution >= 4 is 15.7 Å². The molecule has 1 fully saturated rings. The average Bonchev–Trinajstić information content (AvgIpc) is 2.60. The molecule has 1 saturated heterocycles. The van der Waals surface area contributed by atoms with E-state index in [0.29, 0.717) is 19.0 Å². The summed E-state index contributed by atoms with van der Waals surface area (Å²) >= 11 is 0. The molecule has 0 bridgehead atoms. The summed E-state index contributed by atoms with van der Waals surface area (Å²) in [6.07, 6.45) is 2.70. The lowest BCUT2D eigenvalue weighted by molar-refractivity contribution is 0.416. The maximum Gasteiger partial charge on any atom is 0.243 e. The smallest absolute Gasteiger partial charge is 0.243 e. The van der Waals surface area contributed by atoms with Crippen LogP contribution in [0, 0.1) is 18.7 Å². The molecule has 1 aliphatic rings. The first-order valence-electron chi connectivity index (χ1n) is 6.88. The third-order valence-corrected chi connectivity index (χ3v) is 5.85. The van der Waals surface area contributed by atoms with E-state index in [4.69, 9.17) is 5.73 Å². The van der Waals surface area contributed by atoms with Crippen molar-refractivity contribution in [3.63, 3.8) is 0 Å². The van der Waals surface area contributed by atoms with E-state index in [1.807, 2.05) is 0 Å². The topological polar surface area (TPSA) is 63.4 Å². The largest absolute Gasteiger partial charge is 0.398 e. The Bertz CT molecular complexity index is 578. The summed E-state index contributed by atoms with van der Waals surface area (Å²) in [4.78, 5) is -0.0485. The van der Waals surface area contributed by atoms with Crippen molar-refractivity contribution in [2.75, 3.05) is 18.8 Å². The van der Waals surface area contributed by atoms with E-state index < -0.39 is 15.8 Å². The average molecular weight is 300 g/mol. The summed E-state index contributed by atoms with van der Waals surface area (Å²) in [5.74, 6) is -0.0539. The molecule has 2 N–H and O–H groups in total. The number of nitrogens with zero attached hydrogens (tertiary/aromatic N) is 1. The summed E-state index contributed by atoms with van der Waals surface area (Å²) in [7, 11) is -3.66. The standard InChI is InChI=1S/C14H21FN2O2S/c1-10-4-3-6-17(7-5-10)20(18,19)12-8-13(15)11(2)14(16)9-12/h8-10H,3-7,16H2,1-2H3. The number of nitrogen functional groups attached to an aromatic ring is 1. The second-order valence-electron chi connectivity index (χ2n) is 5.56. The number of benzene rings is 1. The lowest BCUT2D eigenvalue weighted by atomic mass is 10.0.